The first-order valence-electron chi connectivity index (χ1n) is 19.2. The molecule has 4 fully saturated rings. The molecule has 3 heterocycles. The van der Waals surface area contributed by atoms with Crippen molar-refractivity contribution in [1.82, 2.24) is 10.6 Å². The van der Waals surface area contributed by atoms with E-state index in [4.69, 9.17) is 56.1 Å². The summed E-state index contributed by atoms with van der Waals surface area (Å²) in [7, 11) is 0. The van der Waals surface area contributed by atoms with Crippen molar-refractivity contribution in [3.63, 3.8) is 0 Å². The standard InChI is InChI=1S/C35H58N6O18/c36-14-8-15(37)28(57-33-21(39)26(49)24(47)18(10-42)55-33)30(22(14)45)59-34-27(50)29(19(11-43)56-34)58-32-20(38)25(48)23(46)17(54-32)9-41-31(51)16(44)6-7-40-35(52)53-12-13-4-2-1-3-5-13/h1-5,14-30,32-34,42-50H,6-12,36-39H2,(H,40,52)(H,41,51)/t14-,15+,16+,17+,18-,19-,20-,21-,22+,23-,24-,25-,26-,27-,28-,29-,30-,32-,33-,34+/m1/s1. The van der Waals surface area contributed by atoms with E-state index in [0.717, 1.165) is 5.56 Å². The molecule has 1 aliphatic carbocycles. The number of carbonyl (C=O) groups excluding carboxylic acids is 2. The third-order valence-electron chi connectivity index (χ3n) is 10.8. The number of nitrogens with two attached hydrogens (primary N) is 4. The summed E-state index contributed by atoms with van der Waals surface area (Å²) in [5.41, 5.74) is 25.4. The number of aliphatic hydroxyl groups is 9. The van der Waals surface area contributed by atoms with Gasteiger partial charge in [0.1, 0.15) is 79.9 Å². The van der Waals surface area contributed by atoms with Gasteiger partial charge in [0.15, 0.2) is 18.9 Å². The Balaban J connectivity index is 1.16. The van der Waals surface area contributed by atoms with Gasteiger partial charge in [-0.3, -0.25) is 4.79 Å². The molecule has 1 aromatic rings. The summed E-state index contributed by atoms with van der Waals surface area (Å²) < 4.78 is 40.0. The second-order valence-corrected chi connectivity index (χ2v) is 15.0. The molecule has 0 radical (unpaired) electrons. The molecule has 24 heteroatoms. The Morgan fingerprint density at radius 3 is 1.86 bits per heavy atom. The molecule has 0 spiro atoms. The van der Waals surface area contributed by atoms with Gasteiger partial charge in [-0.2, -0.15) is 0 Å². The van der Waals surface area contributed by atoms with Gasteiger partial charge in [0.2, 0.25) is 5.91 Å². The number of carbonyl (C=O) groups is 2. The molecule has 20 atom stereocenters. The first-order valence-corrected chi connectivity index (χ1v) is 19.2. The van der Waals surface area contributed by atoms with Crippen LogP contribution in [0.1, 0.15) is 18.4 Å². The van der Waals surface area contributed by atoms with Crippen LogP contribution in [-0.4, -0.2) is 207 Å². The Bertz CT molecular complexity index is 1480. The van der Waals surface area contributed by atoms with Crippen LogP contribution in [0.25, 0.3) is 0 Å². The van der Waals surface area contributed by atoms with Gasteiger partial charge >= 0.3 is 6.09 Å². The third kappa shape index (κ3) is 11.4. The first kappa shape index (κ1) is 47.3. The van der Waals surface area contributed by atoms with Crippen molar-refractivity contribution in [2.24, 2.45) is 22.9 Å². The fourth-order valence-corrected chi connectivity index (χ4v) is 7.21. The summed E-state index contributed by atoms with van der Waals surface area (Å²) in [6.07, 6.45) is -25.2. The Labute approximate surface area is 338 Å². The second-order valence-electron chi connectivity index (χ2n) is 15.0. The number of hydrogen-bond acceptors (Lipinski definition) is 22. The number of nitrogens with one attached hydrogen (secondary N) is 2. The average molecular weight is 851 g/mol. The topological polar surface area (TPSA) is 409 Å². The summed E-state index contributed by atoms with van der Waals surface area (Å²) in [5, 5.41) is 99.5. The van der Waals surface area contributed by atoms with Crippen LogP contribution in [0.15, 0.2) is 30.3 Å². The summed E-state index contributed by atoms with van der Waals surface area (Å²) in [6.45, 7) is -2.01. The predicted octanol–water partition coefficient (Wildman–Crippen LogP) is -8.03. The van der Waals surface area contributed by atoms with Gasteiger partial charge in [-0.25, -0.2) is 4.79 Å². The van der Waals surface area contributed by atoms with Crippen molar-refractivity contribution in [3.05, 3.63) is 35.9 Å². The molecule has 19 N–H and O–H groups in total. The lowest BCUT2D eigenvalue weighted by Gasteiger charge is -2.47. The maximum atomic E-state index is 12.6. The van der Waals surface area contributed by atoms with Crippen molar-refractivity contribution in [3.8, 4) is 0 Å². The van der Waals surface area contributed by atoms with Crippen LogP contribution in [0.4, 0.5) is 4.79 Å². The number of hydrogen-bond donors (Lipinski definition) is 15. The van der Waals surface area contributed by atoms with Crippen LogP contribution in [0.3, 0.4) is 0 Å². The van der Waals surface area contributed by atoms with E-state index in [1.807, 2.05) is 6.07 Å². The number of ether oxygens (including phenoxy) is 7. The van der Waals surface area contributed by atoms with Crippen LogP contribution < -0.4 is 33.6 Å². The van der Waals surface area contributed by atoms with Crippen LogP contribution in [0, 0.1) is 0 Å². The van der Waals surface area contributed by atoms with Crippen molar-refractivity contribution >= 4 is 12.0 Å². The SMILES string of the molecule is N[C@H]1[C@@H](O[C@H]2[C@@H](O)[C@H](O[C@@H]3[C@@H](O)[C@H](N)C[C@H](N)[C@H]3O[C@H]3O[C@H](CO)[C@@H](O)[C@H](O)[C@H]3N)O[C@@H]2CO)O[C@@H](CNC(=O)[C@@H](O)CCNC(=O)OCc2ccccc2)[C@@H](O)[C@@H]1O. The van der Waals surface area contributed by atoms with E-state index in [1.165, 1.54) is 0 Å². The Morgan fingerprint density at radius 1 is 0.678 bits per heavy atom. The van der Waals surface area contributed by atoms with E-state index >= 15 is 0 Å². The van der Waals surface area contributed by atoms with Gasteiger partial charge in [0, 0.05) is 25.2 Å². The fourth-order valence-electron chi connectivity index (χ4n) is 7.21. The third-order valence-corrected chi connectivity index (χ3v) is 10.8. The van der Waals surface area contributed by atoms with Crippen LogP contribution in [0.5, 0.6) is 0 Å². The normalized spacial score (nSPS) is 41.9. The van der Waals surface area contributed by atoms with E-state index in [9.17, 15) is 55.5 Å². The van der Waals surface area contributed by atoms with E-state index < -0.39 is 154 Å². The molecule has 1 aromatic carbocycles. The number of aliphatic hydroxyl groups excluding tert-OH is 9. The number of alkyl carbamates (subject to hydrolysis) is 1. The van der Waals surface area contributed by atoms with Gasteiger partial charge in [-0.05, 0) is 18.4 Å². The molecule has 5 rings (SSSR count). The summed E-state index contributed by atoms with van der Waals surface area (Å²) in [6, 6.07) is 4.25. The molecule has 2 amide bonds. The molecular weight excluding hydrogens is 792 g/mol. The lowest BCUT2D eigenvalue weighted by molar-refractivity contribution is -0.310. The minimum Gasteiger partial charge on any atom is -0.445 e. The van der Waals surface area contributed by atoms with Crippen LogP contribution in [-0.2, 0) is 44.6 Å². The van der Waals surface area contributed by atoms with E-state index in [-0.39, 0.29) is 26.0 Å². The van der Waals surface area contributed by atoms with Crippen molar-refractivity contribution < 1.29 is 88.7 Å². The van der Waals surface area contributed by atoms with Gasteiger partial charge < -0.3 is 113 Å². The molecule has 24 nitrogen and oxygen atoms in total. The second kappa shape index (κ2) is 21.3. The Hall–Kier alpha value is -2.80. The molecular formula is C35H58N6O18. The lowest BCUT2D eigenvalue weighted by atomic mass is 9.84. The minimum absolute atomic E-state index is 0.0101. The highest BCUT2D eigenvalue weighted by molar-refractivity contribution is 5.80. The maximum Gasteiger partial charge on any atom is 0.407 e. The van der Waals surface area contributed by atoms with Crippen LogP contribution in [0.2, 0.25) is 0 Å². The van der Waals surface area contributed by atoms with Gasteiger partial charge in [0.05, 0.1) is 31.4 Å². The molecule has 59 heavy (non-hydrogen) atoms. The minimum atomic E-state index is -1.75. The summed E-state index contributed by atoms with van der Waals surface area (Å²) in [5.74, 6) is -0.896. The van der Waals surface area contributed by atoms with Gasteiger partial charge in [0.25, 0.3) is 0 Å². The monoisotopic (exact) mass is 850 g/mol. The predicted molar refractivity (Wildman–Crippen MR) is 196 cm³/mol. The largest absolute Gasteiger partial charge is 0.445 e. The molecule has 0 bridgehead atoms. The Kier molecular flexibility index (Phi) is 17.1. The summed E-state index contributed by atoms with van der Waals surface area (Å²) >= 11 is 0. The van der Waals surface area contributed by atoms with Gasteiger partial charge in [-0.15, -0.1) is 0 Å². The quantitative estimate of drug-likeness (QED) is 0.0734. The van der Waals surface area contributed by atoms with Crippen molar-refractivity contribution in [1.29, 1.82) is 0 Å². The maximum absolute atomic E-state index is 12.6. The zero-order chi connectivity index (χ0) is 43.1. The Morgan fingerprint density at radius 2 is 1.24 bits per heavy atom. The lowest BCUT2D eigenvalue weighted by Crippen LogP contribution is -2.68. The molecule has 0 unspecified atom stereocenters. The highest BCUT2D eigenvalue weighted by Crippen LogP contribution is 2.34. The van der Waals surface area contributed by atoms with Gasteiger partial charge in [-0.1, -0.05) is 30.3 Å². The van der Waals surface area contributed by atoms with Crippen molar-refractivity contribution in [2.45, 2.75) is 142 Å². The molecule has 0 aromatic heterocycles. The molecule has 1 saturated carbocycles. The average Bonchev–Trinajstić information content (AvgIpc) is 3.52. The highest BCUT2D eigenvalue weighted by Gasteiger charge is 2.54. The van der Waals surface area contributed by atoms with Crippen LogP contribution >= 0.6 is 0 Å². The van der Waals surface area contributed by atoms with E-state index in [0.29, 0.717) is 0 Å². The molecule has 3 aliphatic heterocycles. The highest BCUT2D eigenvalue weighted by atomic mass is 16.8. The number of benzene rings is 1. The number of amides is 2. The van der Waals surface area contributed by atoms with E-state index in [2.05, 4.69) is 10.6 Å². The summed E-state index contributed by atoms with van der Waals surface area (Å²) in [4.78, 5) is 24.6. The fraction of sp³-hybridized carbons (Fsp3) is 0.771. The molecule has 3 saturated heterocycles. The zero-order valence-corrected chi connectivity index (χ0v) is 31.9. The smallest absolute Gasteiger partial charge is 0.407 e. The first-order chi connectivity index (χ1) is 28.1. The molecule has 4 aliphatic rings. The van der Waals surface area contributed by atoms with E-state index in [1.54, 1.807) is 24.3 Å². The van der Waals surface area contributed by atoms with Crippen molar-refractivity contribution in [2.75, 3.05) is 26.3 Å². The number of rotatable bonds is 16. The molecule has 336 valence electrons. The zero-order valence-electron chi connectivity index (χ0n) is 31.9.